The van der Waals surface area contributed by atoms with Gasteiger partial charge in [-0.15, -0.1) is 0 Å². The molecule has 0 amide bonds. The zero-order valence-corrected chi connectivity index (χ0v) is 24.7. The van der Waals surface area contributed by atoms with Crippen molar-refractivity contribution in [2.45, 2.75) is 50.7 Å². The molecule has 0 spiro atoms. The van der Waals surface area contributed by atoms with Gasteiger partial charge in [-0.1, -0.05) is 0 Å². The van der Waals surface area contributed by atoms with E-state index in [4.69, 9.17) is 18.9 Å². The van der Waals surface area contributed by atoms with Crippen molar-refractivity contribution < 1.29 is 53.4 Å². The highest BCUT2D eigenvalue weighted by atomic mass is 16.5. The van der Waals surface area contributed by atoms with Crippen molar-refractivity contribution in [3.8, 4) is 28.7 Å². The van der Waals surface area contributed by atoms with Gasteiger partial charge < -0.3 is 34.3 Å². The Labute approximate surface area is 251 Å². The maximum Gasteiger partial charge on any atom is 0.314 e. The molecule has 6 rings (SSSR count). The van der Waals surface area contributed by atoms with E-state index in [0.717, 1.165) is 0 Å². The lowest BCUT2D eigenvalue weighted by molar-refractivity contribution is -0.139. The van der Waals surface area contributed by atoms with Crippen LogP contribution in [0, 0.1) is 0 Å². The van der Waals surface area contributed by atoms with Crippen molar-refractivity contribution in [3.05, 3.63) is 57.7 Å². The maximum absolute atomic E-state index is 14.5. The molecular weight excluding hydrogens is 572 g/mol. The molecule has 0 fully saturated rings. The molecule has 11 nitrogen and oxygen atoms in total. The first-order chi connectivity index (χ1) is 20.7. The van der Waals surface area contributed by atoms with Crippen LogP contribution in [0.4, 0.5) is 0 Å². The minimum atomic E-state index is -1.82. The van der Waals surface area contributed by atoms with Crippen molar-refractivity contribution in [1.82, 2.24) is 0 Å². The lowest BCUT2D eigenvalue weighted by atomic mass is 9.75. The van der Waals surface area contributed by atoms with Crippen molar-refractivity contribution in [2.75, 3.05) is 21.3 Å². The molecule has 44 heavy (non-hydrogen) atoms. The zero-order valence-electron chi connectivity index (χ0n) is 24.7. The SMILES string of the molecule is COc1cc(OC)c2c(c1)C(=O)C1=C(C2=O)c2c(OC)cc3cc4c(c(O)c3c2OC(=O)CC(C)(O)C1)C(=O)CC(C)(O)C4. The largest absolute Gasteiger partial charge is 0.506 e. The fraction of sp³-hybridized carbons (Fsp3) is 0.333. The van der Waals surface area contributed by atoms with Gasteiger partial charge in [0.1, 0.15) is 23.0 Å². The number of phenols is 1. The van der Waals surface area contributed by atoms with Gasteiger partial charge in [-0.25, -0.2) is 0 Å². The summed E-state index contributed by atoms with van der Waals surface area (Å²) >= 11 is 0. The van der Waals surface area contributed by atoms with Gasteiger partial charge in [-0.05, 0) is 43.0 Å². The van der Waals surface area contributed by atoms with Crippen LogP contribution in [-0.4, -0.2) is 71.2 Å². The first kappa shape index (κ1) is 29.3. The molecule has 1 aliphatic heterocycles. The van der Waals surface area contributed by atoms with E-state index in [0.29, 0.717) is 10.9 Å². The third kappa shape index (κ3) is 4.42. The number of benzene rings is 3. The first-order valence-corrected chi connectivity index (χ1v) is 13.9. The van der Waals surface area contributed by atoms with Gasteiger partial charge in [0, 0.05) is 42.0 Å². The highest BCUT2D eigenvalue weighted by Gasteiger charge is 2.44. The van der Waals surface area contributed by atoms with E-state index in [-0.39, 0.29) is 74.6 Å². The summed E-state index contributed by atoms with van der Waals surface area (Å²) in [4.78, 5) is 55.1. The van der Waals surface area contributed by atoms with Crippen LogP contribution in [0.15, 0.2) is 29.8 Å². The number of methoxy groups -OCH3 is 3. The molecule has 3 aromatic rings. The number of ketones is 3. The summed E-state index contributed by atoms with van der Waals surface area (Å²) in [5.41, 5.74) is -3.31. The van der Waals surface area contributed by atoms with Crippen LogP contribution in [0.5, 0.6) is 28.7 Å². The van der Waals surface area contributed by atoms with E-state index in [1.807, 2.05) is 0 Å². The number of carbonyl (C=O) groups is 4. The van der Waals surface area contributed by atoms with E-state index in [9.17, 15) is 34.5 Å². The lowest BCUT2D eigenvalue weighted by Crippen LogP contribution is -2.35. The highest BCUT2D eigenvalue weighted by molar-refractivity contribution is 6.42. The number of phenolic OH excluding ortho intramolecular Hbond substituents is 1. The molecule has 0 saturated heterocycles. The minimum Gasteiger partial charge on any atom is -0.506 e. The molecule has 11 heteroatoms. The average Bonchev–Trinajstić information content (AvgIpc) is 2.97. The molecule has 3 aromatic carbocycles. The van der Waals surface area contributed by atoms with Crippen molar-refractivity contribution >= 4 is 39.7 Å². The van der Waals surface area contributed by atoms with Gasteiger partial charge in [-0.2, -0.15) is 0 Å². The molecule has 3 aliphatic rings. The van der Waals surface area contributed by atoms with E-state index in [1.54, 1.807) is 6.07 Å². The Hall–Kier alpha value is -4.74. The molecule has 228 valence electrons. The predicted octanol–water partition coefficient (Wildman–Crippen LogP) is 3.73. The summed E-state index contributed by atoms with van der Waals surface area (Å²) in [6.07, 6.45) is -1.14. The van der Waals surface area contributed by atoms with Crippen LogP contribution < -0.4 is 18.9 Å². The van der Waals surface area contributed by atoms with Gasteiger partial charge in [0.05, 0.1) is 61.0 Å². The van der Waals surface area contributed by atoms with E-state index in [1.165, 1.54) is 53.4 Å². The van der Waals surface area contributed by atoms with Gasteiger partial charge in [-0.3, -0.25) is 19.2 Å². The summed E-state index contributed by atoms with van der Waals surface area (Å²) in [5.74, 6) is -3.17. The number of hydrogen-bond donors (Lipinski definition) is 3. The summed E-state index contributed by atoms with van der Waals surface area (Å²) in [6, 6.07) is 5.94. The Kier molecular flexibility index (Phi) is 6.60. The summed E-state index contributed by atoms with van der Waals surface area (Å²) < 4.78 is 22.3. The minimum absolute atomic E-state index is 0.0110. The van der Waals surface area contributed by atoms with Crippen molar-refractivity contribution in [2.24, 2.45) is 0 Å². The van der Waals surface area contributed by atoms with Gasteiger partial charge in [0.15, 0.2) is 23.1 Å². The second-order valence-electron chi connectivity index (χ2n) is 12.0. The molecular formula is C33H30O11. The Balaban J connectivity index is 1.75. The number of ether oxygens (including phenoxy) is 4. The maximum atomic E-state index is 14.5. The standard InChI is InChI=1S/C33H30O11/c1-32(39)10-15-6-14-7-20(42-4)27-26-18(28(36)17-8-16(41-3)9-21(43-5)25(17)30(26)38)11-33(2,40)13-22(35)44-31(27)24(14)29(37)23(15)19(34)12-32/h6-9,37,39-40H,10-13H2,1-5H3. The number of rotatable bonds is 3. The Morgan fingerprint density at radius 1 is 0.750 bits per heavy atom. The number of aliphatic hydroxyl groups is 2. The van der Waals surface area contributed by atoms with Crippen molar-refractivity contribution in [1.29, 1.82) is 0 Å². The molecule has 3 N–H and O–H groups in total. The fourth-order valence-corrected chi connectivity index (χ4v) is 6.56. The third-order valence-electron chi connectivity index (χ3n) is 8.37. The number of aromatic hydroxyl groups is 1. The molecule has 0 aromatic heterocycles. The Morgan fingerprint density at radius 2 is 1.41 bits per heavy atom. The molecule has 1 heterocycles. The molecule has 0 saturated carbocycles. The molecule has 0 radical (unpaired) electrons. The van der Waals surface area contributed by atoms with Gasteiger partial charge >= 0.3 is 5.97 Å². The van der Waals surface area contributed by atoms with Gasteiger partial charge in [0.25, 0.3) is 0 Å². The fourth-order valence-electron chi connectivity index (χ4n) is 6.56. The zero-order chi connectivity index (χ0) is 31.9. The monoisotopic (exact) mass is 602 g/mol. The van der Waals surface area contributed by atoms with Crippen LogP contribution in [0.3, 0.4) is 0 Å². The third-order valence-corrected chi connectivity index (χ3v) is 8.37. The number of Topliss-reactive ketones (excluding diaryl/α,β-unsaturated/α-hetero) is 3. The Morgan fingerprint density at radius 3 is 2.07 bits per heavy atom. The Bertz CT molecular complexity index is 1880. The summed E-state index contributed by atoms with van der Waals surface area (Å²) in [7, 11) is 4.06. The van der Waals surface area contributed by atoms with E-state index < -0.39 is 53.1 Å². The molecule has 2 atom stereocenters. The molecule has 0 bridgehead atoms. The van der Waals surface area contributed by atoms with Crippen LogP contribution in [0.1, 0.15) is 75.3 Å². The number of hydrogen-bond acceptors (Lipinski definition) is 11. The number of carbonyl (C=O) groups excluding carboxylic acids is 4. The number of allylic oxidation sites excluding steroid dienone is 1. The van der Waals surface area contributed by atoms with Crippen LogP contribution in [-0.2, 0) is 11.2 Å². The first-order valence-electron chi connectivity index (χ1n) is 13.9. The highest BCUT2D eigenvalue weighted by Crippen LogP contribution is 2.52. The van der Waals surface area contributed by atoms with Crippen LogP contribution in [0.25, 0.3) is 16.3 Å². The van der Waals surface area contributed by atoms with E-state index in [2.05, 4.69) is 0 Å². The second-order valence-corrected chi connectivity index (χ2v) is 12.0. The van der Waals surface area contributed by atoms with E-state index >= 15 is 0 Å². The molecule has 2 aliphatic carbocycles. The predicted molar refractivity (Wildman–Crippen MR) is 156 cm³/mol. The molecule has 2 unspecified atom stereocenters. The quantitative estimate of drug-likeness (QED) is 0.295. The van der Waals surface area contributed by atoms with Crippen LogP contribution >= 0.6 is 0 Å². The number of fused-ring (bicyclic) bond motifs is 6. The average molecular weight is 603 g/mol. The smallest absolute Gasteiger partial charge is 0.314 e. The summed E-state index contributed by atoms with van der Waals surface area (Å²) in [6.45, 7) is 2.87. The van der Waals surface area contributed by atoms with Gasteiger partial charge in [0.2, 0.25) is 0 Å². The second kappa shape index (κ2) is 9.90. The summed E-state index contributed by atoms with van der Waals surface area (Å²) in [5, 5.41) is 33.8. The normalized spacial score (nSPS) is 23.1. The lowest BCUT2D eigenvalue weighted by Gasteiger charge is -2.30. The topological polar surface area (TPSA) is 166 Å². The van der Waals surface area contributed by atoms with Crippen LogP contribution in [0.2, 0.25) is 0 Å². The number of esters is 1. The van der Waals surface area contributed by atoms with Crippen molar-refractivity contribution in [3.63, 3.8) is 0 Å².